The first kappa shape index (κ1) is 13.1. The number of hydrogen-bond acceptors (Lipinski definition) is 2. The van der Waals surface area contributed by atoms with Gasteiger partial charge in [0.25, 0.3) is 0 Å². The van der Waals surface area contributed by atoms with E-state index in [0.29, 0.717) is 0 Å². The van der Waals surface area contributed by atoms with Crippen LogP contribution in [0, 0.1) is 11.3 Å². The average Bonchev–Trinajstić information content (AvgIpc) is 1.96. The number of nitrogens with one attached hydrogen (secondary N) is 1. The molecule has 0 aliphatic heterocycles. The minimum Gasteiger partial charge on any atom is -0.346 e. The Kier molecular flexibility index (Phi) is 4.30. The highest BCUT2D eigenvalue weighted by molar-refractivity contribution is 5.90. The summed E-state index contributed by atoms with van der Waals surface area (Å²) in [4.78, 5) is 22.8. The molecule has 0 saturated carbocycles. The molecule has 3 nitrogen and oxygen atoms in total. The molecule has 1 atom stereocenters. The lowest BCUT2D eigenvalue weighted by Gasteiger charge is -2.31. The molecule has 0 aromatic heterocycles. The van der Waals surface area contributed by atoms with Crippen LogP contribution in [0.15, 0.2) is 0 Å². The van der Waals surface area contributed by atoms with Gasteiger partial charge in [-0.05, 0) is 5.41 Å². The maximum atomic E-state index is 11.8. The number of carbonyl (C=O) groups is 2. The Bertz CT molecular complexity index is 226. The van der Waals surface area contributed by atoms with Crippen molar-refractivity contribution in [2.24, 2.45) is 11.3 Å². The van der Waals surface area contributed by atoms with Gasteiger partial charge in [-0.3, -0.25) is 9.59 Å². The number of hydrogen-bond donors (Lipinski definition) is 1. The van der Waals surface area contributed by atoms with Gasteiger partial charge in [0.05, 0.1) is 6.04 Å². The van der Waals surface area contributed by atoms with Crippen LogP contribution in [0.1, 0.15) is 41.5 Å². The first-order chi connectivity index (χ1) is 6.16. The summed E-state index contributed by atoms with van der Waals surface area (Å²) < 4.78 is 0. The van der Waals surface area contributed by atoms with Gasteiger partial charge in [0.15, 0.2) is 5.78 Å². The van der Waals surface area contributed by atoms with Crippen molar-refractivity contribution in [2.45, 2.75) is 47.6 Å². The second-order valence-electron chi connectivity index (χ2n) is 5.06. The third kappa shape index (κ3) is 3.90. The molecule has 0 spiro atoms. The fourth-order valence-corrected chi connectivity index (χ4v) is 1.25. The predicted molar refractivity (Wildman–Crippen MR) is 56.9 cm³/mol. The smallest absolute Gasteiger partial charge is 0.217 e. The number of Topliss-reactive ketones (excluding diaryl/α,β-unsaturated/α-hetero) is 1. The highest BCUT2D eigenvalue weighted by atomic mass is 16.2. The molecule has 0 saturated heterocycles. The van der Waals surface area contributed by atoms with Gasteiger partial charge in [-0.15, -0.1) is 0 Å². The molecule has 1 amide bonds. The quantitative estimate of drug-likeness (QED) is 0.753. The lowest BCUT2D eigenvalue weighted by Crippen LogP contribution is -2.49. The average molecular weight is 199 g/mol. The molecule has 3 heteroatoms. The van der Waals surface area contributed by atoms with Crippen LogP contribution in [-0.4, -0.2) is 17.7 Å². The molecule has 0 rings (SSSR count). The van der Waals surface area contributed by atoms with E-state index in [4.69, 9.17) is 0 Å². The first-order valence-electron chi connectivity index (χ1n) is 4.97. The molecule has 14 heavy (non-hydrogen) atoms. The largest absolute Gasteiger partial charge is 0.346 e. The molecule has 0 fully saturated rings. The molecule has 0 heterocycles. The highest BCUT2D eigenvalue weighted by Gasteiger charge is 2.32. The number of carbonyl (C=O) groups excluding carboxylic acids is 2. The van der Waals surface area contributed by atoms with Crippen molar-refractivity contribution < 1.29 is 9.59 Å². The Morgan fingerprint density at radius 2 is 1.57 bits per heavy atom. The van der Waals surface area contributed by atoms with E-state index in [1.54, 1.807) is 0 Å². The van der Waals surface area contributed by atoms with Gasteiger partial charge < -0.3 is 5.32 Å². The Hall–Kier alpha value is -0.860. The van der Waals surface area contributed by atoms with E-state index in [1.165, 1.54) is 6.92 Å². The van der Waals surface area contributed by atoms with Crippen molar-refractivity contribution in [1.29, 1.82) is 0 Å². The molecule has 1 unspecified atom stereocenters. The minimum atomic E-state index is -0.389. The van der Waals surface area contributed by atoms with Crippen LogP contribution in [-0.2, 0) is 9.59 Å². The third-order valence-electron chi connectivity index (χ3n) is 2.07. The predicted octanol–water partition coefficient (Wildman–Crippen LogP) is 1.76. The summed E-state index contributed by atoms with van der Waals surface area (Å²) in [5, 5.41) is 2.71. The van der Waals surface area contributed by atoms with E-state index in [1.807, 2.05) is 34.6 Å². The van der Waals surface area contributed by atoms with Gasteiger partial charge >= 0.3 is 0 Å². The lowest BCUT2D eigenvalue weighted by atomic mass is 9.81. The second kappa shape index (κ2) is 4.58. The Morgan fingerprint density at radius 1 is 1.14 bits per heavy atom. The zero-order valence-electron chi connectivity index (χ0n) is 9.97. The molecule has 0 aliphatic carbocycles. The van der Waals surface area contributed by atoms with Crippen molar-refractivity contribution in [3.05, 3.63) is 0 Å². The van der Waals surface area contributed by atoms with Gasteiger partial charge in [-0.1, -0.05) is 34.6 Å². The van der Waals surface area contributed by atoms with Crippen LogP contribution in [0.25, 0.3) is 0 Å². The summed E-state index contributed by atoms with van der Waals surface area (Å²) in [6.45, 7) is 11.0. The van der Waals surface area contributed by atoms with Crippen LogP contribution < -0.4 is 5.32 Å². The second-order valence-corrected chi connectivity index (χ2v) is 5.06. The van der Waals surface area contributed by atoms with Gasteiger partial charge in [0, 0.05) is 12.8 Å². The summed E-state index contributed by atoms with van der Waals surface area (Å²) in [7, 11) is 0. The molecular weight excluding hydrogens is 178 g/mol. The van der Waals surface area contributed by atoms with Gasteiger partial charge in [0.1, 0.15) is 0 Å². The standard InChI is InChI=1S/C11H21NO2/c1-7(2)9(14)10(11(4,5)6)12-8(3)13/h7,10H,1-6H3,(H,12,13). The summed E-state index contributed by atoms with van der Waals surface area (Å²) in [6.07, 6.45) is 0. The van der Waals surface area contributed by atoms with Crippen LogP contribution in [0.2, 0.25) is 0 Å². The van der Waals surface area contributed by atoms with Crippen molar-refractivity contribution in [1.82, 2.24) is 5.32 Å². The maximum absolute atomic E-state index is 11.8. The zero-order valence-corrected chi connectivity index (χ0v) is 9.97. The van der Waals surface area contributed by atoms with E-state index >= 15 is 0 Å². The van der Waals surface area contributed by atoms with Crippen molar-refractivity contribution >= 4 is 11.7 Å². The molecule has 0 aliphatic rings. The maximum Gasteiger partial charge on any atom is 0.217 e. The SMILES string of the molecule is CC(=O)NC(C(=O)C(C)C)C(C)(C)C. The summed E-state index contributed by atoms with van der Waals surface area (Å²) in [5.74, 6) is -0.113. The fraction of sp³-hybridized carbons (Fsp3) is 0.818. The van der Waals surface area contributed by atoms with Gasteiger partial charge in [-0.2, -0.15) is 0 Å². The Morgan fingerprint density at radius 3 is 1.79 bits per heavy atom. The van der Waals surface area contributed by atoms with Crippen molar-refractivity contribution in [3.63, 3.8) is 0 Å². The fourth-order valence-electron chi connectivity index (χ4n) is 1.25. The van der Waals surface area contributed by atoms with Gasteiger partial charge in [0.2, 0.25) is 5.91 Å². The summed E-state index contributed by atoms with van der Waals surface area (Å²) in [5.41, 5.74) is -0.229. The summed E-state index contributed by atoms with van der Waals surface area (Å²) in [6, 6.07) is -0.389. The monoisotopic (exact) mass is 199 g/mol. The van der Waals surface area contributed by atoms with Crippen molar-refractivity contribution in [3.8, 4) is 0 Å². The van der Waals surface area contributed by atoms with E-state index in [2.05, 4.69) is 5.32 Å². The van der Waals surface area contributed by atoms with Crippen LogP contribution in [0.4, 0.5) is 0 Å². The molecule has 1 N–H and O–H groups in total. The Labute approximate surface area is 86.3 Å². The van der Waals surface area contributed by atoms with Crippen molar-refractivity contribution in [2.75, 3.05) is 0 Å². The van der Waals surface area contributed by atoms with E-state index < -0.39 is 0 Å². The normalized spacial score (nSPS) is 13.9. The number of amides is 1. The lowest BCUT2D eigenvalue weighted by molar-refractivity contribution is -0.131. The Balaban J connectivity index is 4.73. The van der Waals surface area contributed by atoms with E-state index in [0.717, 1.165) is 0 Å². The molecular formula is C11H21NO2. The molecule has 0 aromatic rings. The van der Waals surface area contributed by atoms with Crippen LogP contribution >= 0.6 is 0 Å². The summed E-state index contributed by atoms with van der Waals surface area (Å²) >= 11 is 0. The molecule has 0 aromatic carbocycles. The molecule has 0 bridgehead atoms. The molecule has 0 radical (unpaired) electrons. The zero-order chi connectivity index (χ0) is 11.5. The van der Waals surface area contributed by atoms with Crippen LogP contribution in [0.3, 0.4) is 0 Å². The van der Waals surface area contributed by atoms with E-state index in [9.17, 15) is 9.59 Å². The highest BCUT2D eigenvalue weighted by Crippen LogP contribution is 2.22. The topological polar surface area (TPSA) is 46.2 Å². The third-order valence-corrected chi connectivity index (χ3v) is 2.07. The van der Waals surface area contributed by atoms with E-state index in [-0.39, 0.29) is 29.1 Å². The first-order valence-corrected chi connectivity index (χ1v) is 4.97. The molecule has 82 valence electrons. The van der Waals surface area contributed by atoms with Crippen LogP contribution in [0.5, 0.6) is 0 Å². The number of rotatable bonds is 3. The number of ketones is 1. The minimum absolute atomic E-state index is 0.0499. The van der Waals surface area contributed by atoms with Gasteiger partial charge in [-0.25, -0.2) is 0 Å².